The highest BCUT2D eigenvalue weighted by Crippen LogP contribution is 2.34. The first-order valence-electron chi connectivity index (χ1n) is 11.6. The van der Waals surface area contributed by atoms with Gasteiger partial charge in [0.15, 0.2) is 5.82 Å². The van der Waals surface area contributed by atoms with Gasteiger partial charge in [0, 0.05) is 24.2 Å². The van der Waals surface area contributed by atoms with Gasteiger partial charge >= 0.3 is 0 Å². The number of ether oxygens (including phenoxy) is 1. The number of nitrogens with zero attached hydrogens (tertiary/aromatic N) is 4. The van der Waals surface area contributed by atoms with E-state index in [1.165, 1.54) is 0 Å². The maximum absolute atomic E-state index is 12.9. The first-order chi connectivity index (χ1) is 15.4. The summed E-state index contributed by atoms with van der Waals surface area (Å²) in [5.41, 5.74) is 2.99. The molecule has 1 saturated heterocycles. The Bertz CT molecular complexity index is 977. The molecule has 2 amide bonds. The zero-order chi connectivity index (χ0) is 22.7. The molecule has 3 heterocycles. The largest absolute Gasteiger partial charge is 0.369 e. The lowest BCUT2D eigenvalue weighted by Gasteiger charge is -2.36. The van der Waals surface area contributed by atoms with Crippen molar-refractivity contribution in [2.24, 2.45) is 0 Å². The molecule has 1 fully saturated rings. The van der Waals surface area contributed by atoms with Crippen molar-refractivity contribution in [3.05, 3.63) is 53.0 Å². The van der Waals surface area contributed by atoms with Crippen molar-refractivity contribution in [2.45, 2.75) is 71.6 Å². The quantitative estimate of drug-likeness (QED) is 0.690. The molecule has 0 spiro atoms. The Morgan fingerprint density at radius 3 is 2.69 bits per heavy atom. The highest BCUT2D eigenvalue weighted by atomic mass is 16.5. The molecule has 0 radical (unpaired) electrons. The van der Waals surface area contributed by atoms with Gasteiger partial charge in [-0.1, -0.05) is 30.3 Å². The van der Waals surface area contributed by atoms with Crippen LogP contribution in [-0.2, 0) is 27.3 Å². The minimum atomic E-state index is -0.188. The molecule has 2 aliphatic rings. The third-order valence-corrected chi connectivity index (χ3v) is 6.20. The summed E-state index contributed by atoms with van der Waals surface area (Å²) in [5.74, 6) is 1.38. The van der Waals surface area contributed by atoms with Crippen LogP contribution in [0.3, 0.4) is 0 Å². The van der Waals surface area contributed by atoms with Crippen LogP contribution >= 0.6 is 0 Å². The van der Waals surface area contributed by atoms with Gasteiger partial charge in [-0.25, -0.2) is 9.97 Å². The molecule has 0 aliphatic carbocycles. The van der Waals surface area contributed by atoms with Gasteiger partial charge in [0.05, 0.1) is 18.7 Å². The lowest BCUT2D eigenvalue weighted by atomic mass is 9.99. The number of aryl methyl sites for hydroxylation is 1. The summed E-state index contributed by atoms with van der Waals surface area (Å²) >= 11 is 0. The van der Waals surface area contributed by atoms with Gasteiger partial charge < -0.3 is 9.64 Å². The van der Waals surface area contributed by atoms with Crippen LogP contribution in [-0.4, -0.2) is 45.9 Å². The van der Waals surface area contributed by atoms with Gasteiger partial charge in [0.2, 0.25) is 11.8 Å². The van der Waals surface area contributed by atoms with E-state index >= 15 is 0 Å². The van der Waals surface area contributed by atoms with Crippen molar-refractivity contribution >= 4 is 17.6 Å². The van der Waals surface area contributed by atoms with Crippen molar-refractivity contribution in [3.63, 3.8) is 0 Å². The minimum Gasteiger partial charge on any atom is -0.369 e. The van der Waals surface area contributed by atoms with Gasteiger partial charge in [-0.05, 0) is 52.0 Å². The molecule has 0 N–H and O–H groups in total. The molecule has 2 aliphatic heterocycles. The van der Waals surface area contributed by atoms with Crippen LogP contribution in [0, 0.1) is 6.92 Å². The van der Waals surface area contributed by atoms with Crippen LogP contribution in [0.1, 0.15) is 68.2 Å². The molecule has 7 heteroatoms. The van der Waals surface area contributed by atoms with Crippen molar-refractivity contribution in [1.29, 1.82) is 0 Å². The van der Waals surface area contributed by atoms with Gasteiger partial charge in [0.25, 0.3) is 0 Å². The van der Waals surface area contributed by atoms with E-state index < -0.39 is 0 Å². The predicted molar refractivity (Wildman–Crippen MR) is 122 cm³/mol. The number of hydrogen-bond acceptors (Lipinski definition) is 5. The van der Waals surface area contributed by atoms with Crippen molar-refractivity contribution < 1.29 is 14.3 Å². The fraction of sp³-hybridized carbons (Fsp3) is 0.520. The van der Waals surface area contributed by atoms with E-state index in [1.807, 2.05) is 56.0 Å². The summed E-state index contributed by atoms with van der Waals surface area (Å²) in [6, 6.07) is 9.78. The molecule has 1 aromatic heterocycles. The number of anilines is 1. The van der Waals surface area contributed by atoms with Crippen LogP contribution in [0.15, 0.2) is 30.3 Å². The summed E-state index contributed by atoms with van der Waals surface area (Å²) in [6.45, 7) is 7.06. The number of carbonyl (C=O) groups excluding carboxylic acids is 2. The van der Waals surface area contributed by atoms with Gasteiger partial charge in [-0.3, -0.25) is 14.5 Å². The Kier molecular flexibility index (Phi) is 6.84. The number of piperidine rings is 1. The maximum atomic E-state index is 12.9. The average molecular weight is 437 g/mol. The highest BCUT2D eigenvalue weighted by Gasteiger charge is 2.34. The number of benzene rings is 1. The molecule has 4 rings (SSSR count). The summed E-state index contributed by atoms with van der Waals surface area (Å²) in [4.78, 5) is 39.1. The molecule has 1 atom stereocenters. The normalized spacial score (nSPS) is 18.8. The molecule has 170 valence electrons. The molecular formula is C25H32N4O3. The molecule has 0 bridgehead atoms. The first-order valence-corrected chi connectivity index (χ1v) is 11.6. The average Bonchev–Trinajstić information content (AvgIpc) is 2.80. The second-order valence-corrected chi connectivity index (χ2v) is 8.89. The Morgan fingerprint density at radius 2 is 1.94 bits per heavy atom. The molecule has 7 nitrogen and oxygen atoms in total. The number of hydrogen-bond donors (Lipinski definition) is 0. The van der Waals surface area contributed by atoms with Crippen LogP contribution < -0.4 is 4.90 Å². The van der Waals surface area contributed by atoms with Crippen LogP contribution in [0.5, 0.6) is 0 Å². The van der Waals surface area contributed by atoms with E-state index in [0.717, 1.165) is 36.1 Å². The standard InChI is InChI=1S/C25H32N4O3/c1-17(2)32-16-23(31)28-14-8-7-11-21(28)24-26-18(3)20-12-13-22(30)29(25(20)27-24)15-19-9-5-4-6-10-19/h4-6,9-10,17,21H,7-8,11-16H2,1-3H3/t21-/m0/s1. The zero-order valence-corrected chi connectivity index (χ0v) is 19.2. The zero-order valence-electron chi connectivity index (χ0n) is 19.2. The van der Waals surface area contributed by atoms with Crippen molar-refractivity contribution in [3.8, 4) is 0 Å². The van der Waals surface area contributed by atoms with E-state index in [4.69, 9.17) is 14.7 Å². The monoisotopic (exact) mass is 436 g/mol. The van der Waals surface area contributed by atoms with Gasteiger partial charge in [-0.2, -0.15) is 0 Å². The van der Waals surface area contributed by atoms with Crippen LogP contribution in [0.25, 0.3) is 0 Å². The second kappa shape index (κ2) is 9.77. The number of rotatable bonds is 6. The van der Waals surface area contributed by atoms with E-state index in [0.29, 0.717) is 37.6 Å². The second-order valence-electron chi connectivity index (χ2n) is 8.89. The molecule has 2 aromatic rings. The van der Waals surface area contributed by atoms with Gasteiger partial charge in [0.1, 0.15) is 12.4 Å². The summed E-state index contributed by atoms with van der Waals surface area (Å²) in [6.07, 6.45) is 3.92. The van der Waals surface area contributed by atoms with E-state index in [-0.39, 0.29) is 30.6 Å². The summed E-state index contributed by atoms with van der Waals surface area (Å²) in [5, 5.41) is 0. The lowest BCUT2D eigenvalue weighted by molar-refractivity contribution is -0.141. The van der Waals surface area contributed by atoms with Gasteiger partial charge in [-0.15, -0.1) is 0 Å². The molecule has 1 aromatic carbocycles. The topological polar surface area (TPSA) is 75.6 Å². The Hall–Kier alpha value is -2.80. The van der Waals surface area contributed by atoms with E-state index in [2.05, 4.69) is 0 Å². The number of fused-ring (bicyclic) bond motifs is 1. The Balaban J connectivity index is 1.66. The fourth-order valence-corrected chi connectivity index (χ4v) is 4.50. The van der Waals surface area contributed by atoms with E-state index in [9.17, 15) is 9.59 Å². The van der Waals surface area contributed by atoms with Crippen molar-refractivity contribution in [2.75, 3.05) is 18.1 Å². The maximum Gasteiger partial charge on any atom is 0.249 e. The van der Waals surface area contributed by atoms with E-state index in [1.54, 1.807) is 4.90 Å². The number of carbonyl (C=O) groups is 2. The molecule has 32 heavy (non-hydrogen) atoms. The smallest absolute Gasteiger partial charge is 0.249 e. The minimum absolute atomic E-state index is 0.00184. The SMILES string of the molecule is Cc1nc([C@@H]2CCCCN2C(=O)COC(C)C)nc2c1CCC(=O)N2Cc1ccccc1. The number of aromatic nitrogens is 2. The van der Waals surface area contributed by atoms with Crippen molar-refractivity contribution in [1.82, 2.24) is 14.9 Å². The summed E-state index contributed by atoms with van der Waals surface area (Å²) in [7, 11) is 0. The number of amides is 2. The third-order valence-electron chi connectivity index (χ3n) is 6.20. The first kappa shape index (κ1) is 22.4. The highest BCUT2D eigenvalue weighted by molar-refractivity contribution is 5.95. The molecular weight excluding hydrogens is 404 g/mol. The Labute approximate surface area is 189 Å². The van der Waals surface area contributed by atoms with Crippen LogP contribution in [0.4, 0.5) is 5.82 Å². The lowest BCUT2D eigenvalue weighted by Crippen LogP contribution is -2.42. The summed E-state index contributed by atoms with van der Waals surface area (Å²) < 4.78 is 5.57. The third kappa shape index (κ3) is 4.83. The fourth-order valence-electron chi connectivity index (χ4n) is 4.50. The van der Waals surface area contributed by atoms with Crippen LogP contribution in [0.2, 0.25) is 0 Å². The Morgan fingerprint density at radius 1 is 1.16 bits per heavy atom. The predicted octanol–water partition coefficient (Wildman–Crippen LogP) is 3.74. The molecule has 0 saturated carbocycles. The molecule has 0 unspecified atom stereocenters. The number of likely N-dealkylation sites (tertiary alicyclic amines) is 1.